The molecule has 1 saturated heterocycles. The highest BCUT2D eigenvalue weighted by atomic mass is 35.5. The number of benzene rings is 1. The van der Waals surface area contributed by atoms with Crippen molar-refractivity contribution in [2.45, 2.75) is 39.2 Å². The predicted octanol–water partition coefficient (Wildman–Crippen LogP) is 3.02. The minimum Gasteiger partial charge on any atom is -0.354 e. The maximum absolute atomic E-state index is 12.6. The van der Waals surface area contributed by atoms with Crippen LogP contribution >= 0.6 is 24.0 Å². The van der Waals surface area contributed by atoms with Gasteiger partial charge in [-0.05, 0) is 62.0 Å². The number of amides is 2. The zero-order valence-corrected chi connectivity index (χ0v) is 17.0. The largest absolute Gasteiger partial charge is 0.354 e. The molecular weight excluding hydrogens is 373 g/mol. The molecule has 2 rings (SSSR count). The molecule has 3 atom stereocenters. The first-order chi connectivity index (χ1) is 12.0. The monoisotopic (exact) mass is 401 g/mol. The molecule has 0 spiro atoms. The molecule has 1 aromatic carbocycles. The van der Waals surface area contributed by atoms with Crippen molar-refractivity contribution in [2.24, 2.45) is 11.8 Å². The lowest BCUT2D eigenvalue weighted by atomic mass is 9.97. The minimum absolute atomic E-state index is 0. The Morgan fingerprint density at radius 2 is 2.00 bits per heavy atom. The van der Waals surface area contributed by atoms with Crippen molar-refractivity contribution in [3.63, 3.8) is 0 Å². The second kappa shape index (κ2) is 11.4. The zero-order chi connectivity index (χ0) is 18.2. The van der Waals surface area contributed by atoms with Crippen molar-refractivity contribution in [3.05, 3.63) is 34.9 Å². The SMILES string of the molecule is CCC(C)C(NC(=O)c1ccc(Cl)cc1)C(=O)NCCC1CCNC1.Cl. The van der Waals surface area contributed by atoms with Gasteiger partial charge < -0.3 is 16.0 Å². The van der Waals surface area contributed by atoms with Gasteiger partial charge in [0.25, 0.3) is 5.91 Å². The molecule has 0 bridgehead atoms. The van der Waals surface area contributed by atoms with Crippen LogP contribution in [0.15, 0.2) is 24.3 Å². The summed E-state index contributed by atoms with van der Waals surface area (Å²) in [6.45, 7) is 6.73. The molecule has 3 unspecified atom stereocenters. The van der Waals surface area contributed by atoms with Crippen LogP contribution in [-0.4, -0.2) is 37.5 Å². The summed E-state index contributed by atoms with van der Waals surface area (Å²) in [7, 11) is 0. The summed E-state index contributed by atoms with van der Waals surface area (Å²) in [6, 6.07) is 6.14. The molecule has 3 N–H and O–H groups in total. The van der Waals surface area contributed by atoms with Gasteiger partial charge in [0.1, 0.15) is 6.04 Å². The van der Waals surface area contributed by atoms with Crippen LogP contribution in [0.1, 0.15) is 43.5 Å². The van der Waals surface area contributed by atoms with Gasteiger partial charge in [-0.15, -0.1) is 12.4 Å². The number of hydrogen-bond donors (Lipinski definition) is 3. The first-order valence-electron chi connectivity index (χ1n) is 9.06. The second-order valence-electron chi connectivity index (χ2n) is 6.78. The van der Waals surface area contributed by atoms with Gasteiger partial charge in [-0.2, -0.15) is 0 Å². The zero-order valence-electron chi connectivity index (χ0n) is 15.4. The predicted molar refractivity (Wildman–Crippen MR) is 108 cm³/mol. The Bertz CT molecular complexity index is 575. The summed E-state index contributed by atoms with van der Waals surface area (Å²) >= 11 is 5.86. The van der Waals surface area contributed by atoms with Crippen molar-refractivity contribution in [1.82, 2.24) is 16.0 Å². The van der Waals surface area contributed by atoms with Crippen LogP contribution in [-0.2, 0) is 4.79 Å². The lowest BCUT2D eigenvalue weighted by Crippen LogP contribution is -2.50. The normalized spacial score (nSPS) is 18.5. The smallest absolute Gasteiger partial charge is 0.251 e. The molecule has 1 fully saturated rings. The summed E-state index contributed by atoms with van der Waals surface area (Å²) in [5.74, 6) is 0.329. The van der Waals surface area contributed by atoms with Crippen molar-refractivity contribution in [3.8, 4) is 0 Å². The maximum Gasteiger partial charge on any atom is 0.251 e. The summed E-state index contributed by atoms with van der Waals surface area (Å²) in [4.78, 5) is 25.0. The summed E-state index contributed by atoms with van der Waals surface area (Å²) < 4.78 is 0. The lowest BCUT2D eigenvalue weighted by molar-refractivity contribution is -0.124. The molecular formula is C19H29Cl2N3O2. The molecule has 1 heterocycles. The third kappa shape index (κ3) is 6.78. The van der Waals surface area contributed by atoms with Crippen molar-refractivity contribution < 1.29 is 9.59 Å². The summed E-state index contributed by atoms with van der Waals surface area (Å²) in [5.41, 5.74) is 0.502. The van der Waals surface area contributed by atoms with E-state index < -0.39 is 6.04 Å². The Morgan fingerprint density at radius 3 is 2.58 bits per heavy atom. The summed E-state index contributed by atoms with van der Waals surface area (Å²) in [5, 5.41) is 9.77. The third-order valence-corrected chi connectivity index (χ3v) is 5.15. The van der Waals surface area contributed by atoms with E-state index in [1.807, 2.05) is 13.8 Å². The van der Waals surface area contributed by atoms with Crippen LogP contribution in [0.5, 0.6) is 0 Å². The minimum atomic E-state index is -0.533. The van der Waals surface area contributed by atoms with Gasteiger partial charge in [-0.25, -0.2) is 0 Å². The van der Waals surface area contributed by atoms with Crippen LogP contribution in [0, 0.1) is 11.8 Å². The Balaban J connectivity index is 0.00000338. The molecule has 0 aromatic heterocycles. The molecule has 26 heavy (non-hydrogen) atoms. The summed E-state index contributed by atoms with van der Waals surface area (Å²) in [6.07, 6.45) is 2.95. The van der Waals surface area contributed by atoms with E-state index in [1.54, 1.807) is 24.3 Å². The number of rotatable bonds is 8. The van der Waals surface area contributed by atoms with Crippen molar-refractivity contribution in [2.75, 3.05) is 19.6 Å². The van der Waals surface area contributed by atoms with E-state index in [1.165, 1.54) is 0 Å². The number of halogens is 2. The van der Waals surface area contributed by atoms with Crippen molar-refractivity contribution >= 4 is 35.8 Å². The fourth-order valence-corrected chi connectivity index (χ4v) is 3.12. The number of carbonyl (C=O) groups is 2. The highest BCUT2D eigenvalue weighted by Gasteiger charge is 2.26. The van der Waals surface area contributed by atoms with Crippen LogP contribution in [0.4, 0.5) is 0 Å². The van der Waals surface area contributed by atoms with E-state index in [0.717, 1.165) is 32.4 Å². The van der Waals surface area contributed by atoms with E-state index >= 15 is 0 Å². The van der Waals surface area contributed by atoms with Crippen LogP contribution in [0.3, 0.4) is 0 Å². The number of carbonyl (C=O) groups excluding carboxylic acids is 2. The fourth-order valence-electron chi connectivity index (χ4n) is 3.00. The van der Waals surface area contributed by atoms with E-state index in [4.69, 9.17) is 11.6 Å². The first kappa shape index (κ1) is 22.7. The van der Waals surface area contributed by atoms with Gasteiger partial charge in [0, 0.05) is 17.1 Å². The molecule has 0 radical (unpaired) electrons. The quantitative estimate of drug-likeness (QED) is 0.626. The van der Waals surface area contributed by atoms with Crippen molar-refractivity contribution in [1.29, 1.82) is 0 Å². The molecule has 0 aliphatic carbocycles. The fraction of sp³-hybridized carbons (Fsp3) is 0.579. The lowest BCUT2D eigenvalue weighted by Gasteiger charge is -2.24. The van der Waals surface area contributed by atoms with Crippen LogP contribution < -0.4 is 16.0 Å². The molecule has 146 valence electrons. The maximum atomic E-state index is 12.6. The first-order valence-corrected chi connectivity index (χ1v) is 9.44. The Kier molecular flexibility index (Phi) is 9.99. The topological polar surface area (TPSA) is 70.2 Å². The second-order valence-corrected chi connectivity index (χ2v) is 7.22. The van der Waals surface area contributed by atoms with Gasteiger partial charge >= 0.3 is 0 Å². The Labute approximate surface area is 167 Å². The van der Waals surface area contributed by atoms with E-state index in [0.29, 0.717) is 23.0 Å². The van der Waals surface area contributed by atoms with E-state index in [-0.39, 0.29) is 30.1 Å². The van der Waals surface area contributed by atoms with Gasteiger partial charge in [0.05, 0.1) is 0 Å². The number of nitrogens with one attached hydrogen (secondary N) is 3. The highest BCUT2D eigenvalue weighted by molar-refractivity contribution is 6.30. The van der Waals surface area contributed by atoms with Crippen LogP contribution in [0.2, 0.25) is 5.02 Å². The molecule has 1 aromatic rings. The molecule has 7 heteroatoms. The molecule has 2 amide bonds. The van der Waals surface area contributed by atoms with Crippen LogP contribution in [0.25, 0.3) is 0 Å². The molecule has 1 aliphatic rings. The van der Waals surface area contributed by atoms with E-state index in [9.17, 15) is 9.59 Å². The highest BCUT2D eigenvalue weighted by Crippen LogP contribution is 2.13. The molecule has 0 saturated carbocycles. The average Bonchev–Trinajstić information content (AvgIpc) is 3.12. The standard InChI is InChI=1S/C19H28ClN3O2.ClH/c1-3-13(2)17(19(25)22-11-9-14-8-10-21-12-14)23-18(24)15-4-6-16(20)7-5-15;/h4-7,13-14,17,21H,3,8-12H2,1-2H3,(H,22,25)(H,23,24);1H. The Hall–Kier alpha value is -1.30. The Morgan fingerprint density at radius 1 is 1.31 bits per heavy atom. The van der Waals surface area contributed by atoms with Gasteiger partial charge in [-0.3, -0.25) is 9.59 Å². The van der Waals surface area contributed by atoms with Gasteiger partial charge in [0.2, 0.25) is 5.91 Å². The third-order valence-electron chi connectivity index (χ3n) is 4.90. The van der Waals surface area contributed by atoms with Gasteiger partial charge in [0.15, 0.2) is 0 Å². The van der Waals surface area contributed by atoms with Gasteiger partial charge in [-0.1, -0.05) is 31.9 Å². The molecule has 5 nitrogen and oxygen atoms in total. The van der Waals surface area contributed by atoms with E-state index in [2.05, 4.69) is 16.0 Å². The molecule has 1 aliphatic heterocycles. The average molecular weight is 402 g/mol. The number of hydrogen-bond acceptors (Lipinski definition) is 3.